The summed E-state index contributed by atoms with van der Waals surface area (Å²) in [7, 11) is 0. The molecule has 0 aliphatic rings. The first kappa shape index (κ1) is 26.8. The van der Waals surface area contributed by atoms with E-state index in [4.69, 9.17) is 32.7 Å². The molecule has 0 aliphatic heterocycles. The minimum absolute atomic E-state index is 0.0522. The van der Waals surface area contributed by atoms with Gasteiger partial charge in [0.15, 0.2) is 11.9 Å². The molecular formula is C24H15Cl2F3N2O5. The highest BCUT2D eigenvalue weighted by molar-refractivity contribution is 6.32. The van der Waals surface area contributed by atoms with Crippen LogP contribution in [0.1, 0.15) is 24.0 Å². The molecule has 0 spiro atoms. The molecule has 2 atom stereocenters. The van der Waals surface area contributed by atoms with E-state index >= 15 is 0 Å². The number of hydrogen-bond donors (Lipinski definition) is 0. The Morgan fingerprint density at radius 2 is 1.81 bits per heavy atom. The number of hydrogen-bond acceptors (Lipinski definition) is 6. The Morgan fingerprint density at radius 1 is 1.08 bits per heavy atom. The lowest BCUT2D eigenvalue weighted by molar-refractivity contribution is -0.386. The van der Waals surface area contributed by atoms with Gasteiger partial charge in [0.05, 0.1) is 21.6 Å². The summed E-state index contributed by atoms with van der Waals surface area (Å²) in [5.41, 5.74) is -1.16. The average molecular weight is 539 g/mol. The second-order valence-corrected chi connectivity index (χ2v) is 8.25. The Labute approximate surface area is 212 Å². The highest BCUT2D eigenvalue weighted by Crippen LogP contribution is 2.39. The van der Waals surface area contributed by atoms with Gasteiger partial charge in [0, 0.05) is 17.2 Å². The van der Waals surface area contributed by atoms with Gasteiger partial charge in [-0.05, 0) is 48.9 Å². The SMILES string of the molecule is CC(Oc1cc(Oc2ccc(C(F)(F)F)cc2Cl)ccc1[N+](=O)[O-])C(=O)C(C#N)c1cccc(Cl)c1. The maximum Gasteiger partial charge on any atom is 0.416 e. The molecule has 3 rings (SSSR count). The molecule has 7 nitrogen and oxygen atoms in total. The number of halogens is 5. The zero-order valence-corrected chi connectivity index (χ0v) is 19.8. The van der Waals surface area contributed by atoms with Gasteiger partial charge < -0.3 is 9.47 Å². The molecule has 12 heteroatoms. The van der Waals surface area contributed by atoms with Gasteiger partial charge in [0.25, 0.3) is 0 Å². The lowest BCUT2D eigenvalue weighted by Gasteiger charge is -2.18. The van der Waals surface area contributed by atoms with Crippen molar-refractivity contribution in [1.29, 1.82) is 5.26 Å². The van der Waals surface area contributed by atoms with Crippen molar-refractivity contribution >= 4 is 34.7 Å². The molecule has 0 saturated carbocycles. The van der Waals surface area contributed by atoms with Gasteiger partial charge in [-0.25, -0.2) is 0 Å². The number of carbonyl (C=O) groups excluding carboxylic acids is 1. The normalized spacial score (nSPS) is 12.8. The summed E-state index contributed by atoms with van der Waals surface area (Å²) in [5.74, 6) is -2.47. The van der Waals surface area contributed by atoms with Gasteiger partial charge in [-0.3, -0.25) is 14.9 Å². The van der Waals surface area contributed by atoms with Crippen LogP contribution in [0.2, 0.25) is 10.0 Å². The zero-order chi connectivity index (χ0) is 26.6. The number of nitro groups is 1. The number of rotatable bonds is 8. The van der Waals surface area contributed by atoms with Crippen LogP contribution in [0.4, 0.5) is 18.9 Å². The maximum atomic E-state index is 12.9. The van der Waals surface area contributed by atoms with Crippen LogP contribution in [0, 0.1) is 21.4 Å². The fourth-order valence-electron chi connectivity index (χ4n) is 3.16. The molecule has 0 aromatic heterocycles. The fraction of sp³-hybridized carbons (Fsp3) is 0.167. The molecule has 3 aromatic carbocycles. The number of alkyl halides is 3. The van der Waals surface area contributed by atoms with E-state index in [1.165, 1.54) is 25.1 Å². The number of carbonyl (C=O) groups is 1. The van der Waals surface area contributed by atoms with Crippen molar-refractivity contribution in [3.8, 4) is 23.3 Å². The van der Waals surface area contributed by atoms with E-state index in [0.29, 0.717) is 16.7 Å². The van der Waals surface area contributed by atoms with E-state index in [-0.39, 0.29) is 22.3 Å². The third-order valence-electron chi connectivity index (χ3n) is 4.92. The summed E-state index contributed by atoms with van der Waals surface area (Å²) in [5, 5.41) is 21.0. The summed E-state index contributed by atoms with van der Waals surface area (Å²) in [6, 6.07) is 13.8. The number of nitrogens with zero attached hydrogens (tertiary/aromatic N) is 2. The van der Waals surface area contributed by atoms with Crippen LogP contribution in [0.25, 0.3) is 0 Å². The van der Waals surface area contributed by atoms with Gasteiger partial charge in [0.1, 0.15) is 17.4 Å². The molecule has 36 heavy (non-hydrogen) atoms. The highest BCUT2D eigenvalue weighted by Gasteiger charge is 2.32. The van der Waals surface area contributed by atoms with Crippen molar-refractivity contribution in [2.75, 3.05) is 0 Å². The molecule has 0 heterocycles. The maximum absolute atomic E-state index is 12.9. The summed E-state index contributed by atoms with van der Waals surface area (Å²) in [6.45, 7) is 1.32. The van der Waals surface area contributed by atoms with Crippen LogP contribution in [-0.2, 0) is 11.0 Å². The minimum atomic E-state index is -4.61. The van der Waals surface area contributed by atoms with Crippen LogP contribution in [0.3, 0.4) is 0 Å². The molecule has 2 unspecified atom stereocenters. The van der Waals surface area contributed by atoms with Crippen LogP contribution < -0.4 is 9.47 Å². The van der Waals surface area contributed by atoms with E-state index in [1.54, 1.807) is 12.1 Å². The lowest BCUT2D eigenvalue weighted by Crippen LogP contribution is -2.29. The summed E-state index contributed by atoms with van der Waals surface area (Å²) < 4.78 is 49.6. The predicted molar refractivity (Wildman–Crippen MR) is 125 cm³/mol. The molecule has 3 aromatic rings. The van der Waals surface area contributed by atoms with Gasteiger partial charge in [-0.15, -0.1) is 0 Å². The van der Waals surface area contributed by atoms with Crippen molar-refractivity contribution in [3.63, 3.8) is 0 Å². The first-order valence-corrected chi connectivity index (χ1v) is 10.8. The van der Waals surface area contributed by atoms with Crippen LogP contribution in [0.15, 0.2) is 60.7 Å². The first-order chi connectivity index (χ1) is 16.9. The fourth-order valence-corrected chi connectivity index (χ4v) is 3.58. The number of nitriles is 1. The van der Waals surface area contributed by atoms with Crippen LogP contribution in [-0.4, -0.2) is 16.8 Å². The Morgan fingerprint density at radius 3 is 2.39 bits per heavy atom. The number of nitro benzene ring substituents is 1. The number of ether oxygens (including phenoxy) is 2. The molecule has 0 radical (unpaired) electrons. The predicted octanol–water partition coefficient (Wildman–Crippen LogP) is 7.36. The molecule has 0 N–H and O–H groups in total. The third-order valence-corrected chi connectivity index (χ3v) is 5.45. The van der Waals surface area contributed by atoms with Crippen LogP contribution in [0.5, 0.6) is 17.2 Å². The third kappa shape index (κ3) is 6.24. The van der Waals surface area contributed by atoms with Gasteiger partial charge >= 0.3 is 11.9 Å². The van der Waals surface area contributed by atoms with Crippen molar-refractivity contribution in [2.24, 2.45) is 0 Å². The molecule has 0 amide bonds. The highest BCUT2D eigenvalue weighted by atomic mass is 35.5. The standard InChI is InChI=1S/C24H15Cl2F3N2O5/c1-13(23(32)18(12-30)14-3-2-4-16(25)9-14)35-22-11-17(6-7-20(22)31(33)34)36-21-8-5-15(10-19(21)26)24(27,28)29/h2-11,13,18H,1H3. The van der Waals surface area contributed by atoms with E-state index in [9.17, 15) is 33.3 Å². The number of Topliss-reactive ketones (excluding diaryl/α,β-unsaturated/α-hetero) is 1. The average Bonchev–Trinajstić information content (AvgIpc) is 2.80. The monoisotopic (exact) mass is 538 g/mol. The topological polar surface area (TPSA) is 102 Å². The van der Waals surface area contributed by atoms with Crippen molar-refractivity contribution < 1.29 is 32.4 Å². The summed E-state index contributed by atoms with van der Waals surface area (Å²) in [6.07, 6.45) is -5.90. The Balaban J connectivity index is 1.87. The molecule has 0 saturated heterocycles. The van der Waals surface area contributed by atoms with E-state index < -0.39 is 40.2 Å². The Hall–Kier alpha value is -3.81. The van der Waals surface area contributed by atoms with Crippen molar-refractivity contribution in [3.05, 3.63) is 92.0 Å². The molecule has 0 fully saturated rings. The first-order valence-electron chi connectivity index (χ1n) is 10.1. The van der Waals surface area contributed by atoms with E-state index in [1.807, 2.05) is 6.07 Å². The van der Waals surface area contributed by atoms with Gasteiger partial charge in [-0.1, -0.05) is 35.3 Å². The molecule has 186 valence electrons. The van der Waals surface area contributed by atoms with Crippen molar-refractivity contribution in [2.45, 2.75) is 25.1 Å². The Kier molecular flexibility index (Phi) is 8.07. The van der Waals surface area contributed by atoms with Crippen LogP contribution >= 0.6 is 23.2 Å². The number of benzene rings is 3. The number of ketones is 1. The second kappa shape index (κ2) is 10.8. The summed E-state index contributed by atoms with van der Waals surface area (Å²) >= 11 is 11.8. The lowest BCUT2D eigenvalue weighted by atomic mass is 9.93. The summed E-state index contributed by atoms with van der Waals surface area (Å²) in [4.78, 5) is 23.6. The van der Waals surface area contributed by atoms with Gasteiger partial charge in [-0.2, -0.15) is 18.4 Å². The molecule has 0 aliphatic carbocycles. The zero-order valence-electron chi connectivity index (χ0n) is 18.3. The Bertz CT molecular complexity index is 1360. The van der Waals surface area contributed by atoms with E-state index in [0.717, 1.165) is 24.3 Å². The smallest absolute Gasteiger partial charge is 0.416 e. The molecular weight excluding hydrogens is 524 g/mol. The van der Waals surface area contributed by atoms with Crippen molar-refractivity contribution in [1.82, 2.24) is 0 Å². The van der Waals surface area contributed by atoms with Gasteiger partial charge in [0.2, 0.25) is 5.75 Å². The quantitative estimate of drug-likeness (QED) is 0.219. The minimum Gasteiger partial charge on any atom is -0.476 e. The second-order valence-electron chi connectivity index (χ2n) is 7.41. The van der Waals surface area contributed by atoms with E-state index in [2.05, 4.69) is 0 Å². The largest absolute Gasteiger partial charge is 0.476 e. The molecule has 0 bridgehead atoms.